The maximum Gasteiger partial charge on any atom is 0.328 e. The molecule has 0 unspecified atom stereocenters. The van der Waals surface area contributed by atoms with Crippen LogP contribution in [0.25, 0.3) is 0 Å². The average Bonchev–Trinajstić information content (AvgIpc) is 2.75. The minimum Gasteiger partial charge on any atom is -0.467 e. The summed E-state index contributed by atoms with van der Waals surface area (Å²) >= 11 is 1.56. The van der Waals surface area contributed by atoms with Gasteiger partial charge in [-0.1, -0.05) is 18.2 Å². The van der Waals surface area contributed by atoms with E-state index in [0.29, 0.717) is 29.2 Å². The third-order valence-corrected chi connectivity index (χ3v) is 4.58. The summed E-state index contributed by atoms with van der Waals surface area (Å²) in [5.41, 5.74) is 0.394. The van der Waals surface area contributed by atoms with E-state index in [1.165, 1.54) is 7.11 Å². The van der Waals surface area contributed by atoms with Crippen LogP contribution in [0.2, 0.25) is 0 Å². The molecule has 0 saturated heterocycles. The molecule has 7 nitrogen and oxygen atoms in total. The molecule has 0 spiro atoms. The lowest BCUT2D eigenvalue weighted by Crippen LogP contribution is -2.46. The number of amides is 2. The second-order valence-electron chi connectivity index (χ2n) is 6.05. The number of hydrogen-bond donors (Lipinski definition) is 2. The van der Waals surface area contributed by atoms with Gasteiger partial charge in [0.25, 0.3) is 5.91 Å². The zero-order valence-corrected chi connectivity index (χ0v) is 17.2. The summed E-state index contributed by atoms with van der Waals surface area (Å²) < 4.78 is 10.4. The van der Waals surface area contributed by atoms with Crippen LogP contribution in [0, 0.1) is 0 Å². The van der Waals surface area contributed by atoms with Crippen molar-refractivity contribution in [3.05, 3.63) is 60.2 Å². The number of methoxy groups -OCH3 is 1. The first-order valence-corrected chi connectivity index (χ1v) is 10.4. The van der Waals surface area contributed by atoms with Crippen molar-refractivity contribution >= 4 is 29.5 Å². The number of benzene rings is 2. The number of para-hydroxylation sites is 1. The third kappa shape index (κ3) is 7.50. The quantitative estimate of drug-likeness (QED) is 0.579. The van der Waals surface area contributed by atoms with Crippen molar-refractivity contribution in [3.63, 3.8) is 0 Å². The number of carbonyl (C=O) groups is 3. The van der Waals surface area contributed by atoms with E-state index >= 15 is 0 Å². The van der Waals surface area contributed by atoms with Crippen molar-refractivity contribution in [1.82, 2.24) is 10.6 Å². The van der Waals surface area contributed by atoms with Gasteiger partial charge in [-0.05, 0) is 54.8 Å². The molecule has 8 heteroatoms. The second kappa shape index (κ2) is 11.8. The van der Waals surface area contributed by atoms with Crippen molar-refractivity contribution in [2.75, 3.05) is 25.7 Å². The Morgan fingerprint density at radius 1 is 1.00 bits per heavy atom. The monoisotopic (exact) mass is 416 g/mol. The van der Waals surface area contributed by atoms with Gasteiger partial charge in [0.15, 0.2) is 0 Å². The molecule has 2 aromatic rings. The van der Waals surface area contributed by atoms with Crippen molar-refractivity contribution in [2.24, 2.45) is 0 Å². The van der Waals surface area contributed by atoms with Gasteiger partial charge in [-0.25, -0.2) is 4.79 Å². The lowest BCUT2D eigenvalue weighted by Gasteiger charge is -2.16. The van der Waals surface area contributed by atoms with Crippen LogP contribution in [0.5, 0.6) is 11.5 Å². The number of rotatable bonds is 10. The van der Waals surface area contributed by atoms with E-state index in [9.17, 15) is 14.4 Å². The molecule has 0 heterocycles. The second-order valence-corrected chi connectivity index (χ2v) is 7.03. The maximum atomic E-state index is 12.2. The largest absolute Gasteiger partial charge is 0.467 e. The molecule has 0 aliphatic heterocycles. The van der Waals surface area contributed by atoms with E-state index in [4.69, 9.17) is 9.47 Å². The highest BCUT2D eigenvalue weighted by atomic mass is 32.2. The predicted molar refractivity (Wildman–Crippen MR) is 112 cm³/mol. The first-order chi connectivity index (χ1) is 14.0. The number of nitrogens with one attached hydrogen (secondary N) is 2. The Kier molecular flexibility index (Phi) is 9.04. The summed E-state index contributed by atoms with van der Waals surface area (Å²) in [6.45, 7) is -0.242. The highest BCUT2D eigenvalue weighted by Gasteiger charge is 2.21. The first kappa shape index (κ1) is 22.3. The molecule has 2 amide bonds. The average molecular weight is 416 g/mol. The van der Waals surface area contributed by atoms with Gasteiger partial charge in [0, 0.05) is 5.56 Å². The van der Waals surface area contributed by atoms with Crippen molar-refractivity contribution in [3.8, 4) is 11.5 Å². The van der Waals surface area contributed by atoms with E-state index in [1.54, 1.807) is 36.0 Å². The van der Waals surface area contributed by atoms with Crippen LogP contribution in [0.4, 0.5) is 0 Å². The van der Waals surface area contributed by atoms with Crippen LogP contribution in [-0.2, 0) is 14.3 Å². The Morgan fingerprint density at radius 2 is 1.66 bits per heavy atom. The fourth-order valence-corrected chi connectivity index (χ4v) is 2.91. The summed E-state index contributed by atoms with van der Waals surface area (Å²) in [7, 11) is 1.27. The molecule has 154 valence electrons. The number of ether oxygens (including phenoxy) is 2. The molecule has 2 aromatic carbocycles. The lowest BCUT2D eigenvalue weighted by molar-refractivity contribution is -0.145. The van der Waals surface area contributed by atoms with Crippen LogP contribution >= 0.6 is 11.8 Å². The zero-order chi connectivity index (χ0) is 21.1. The van der Waals surface area contributed by atoms with E-state index in [1.807, 2.05) is 36.6 Å². The predicted octanol–water partition coefficient (Wildman–Crippen LogP) is 2.62. The Balaban J connectivity index is 1.84. The standard InChI is InChI=1S/C21H24N2O5S/c1-27-21(26)18(12-13-29-2)23-19(24)14-22-20(25)15-8-10-17(11-9-15)28-16-6-4-3-5-7-16/h3-11,18H,12-14H2,1-2H3,(H,22,25)(H,23,24)/t18-/m1/s1. The fraction of sp³-hybridized carbons (Fsp3) is 0.286. The van der Waals surface area contributed by atoms with Crippen LogP contribution in [0.1, 0.15) is 16.8 Å². The van der Waals surface area contributed by atoms with E-state index in [2.05, 4.69) is 10.6 Å². The normalized spacial score (nSPS) is 11.2. The number of esters is 1. The highest BCUT2D eigenvalue weighted by molar-refractivity contribution is 7.98. The van der Waals surface area contributed by atoms with Gasteiger partial charge < -0.3 is 20.1 Å². The third-order valence-electron chi connectivity index (χ3n) is 3.94. The molecule has 0 aliphatic carbocycles. The van der Waals surface area contributed by atoms with Crippen LogP contribution < -0.4 is 15.4 Å². The van der Waals surface area contributed by atoms with Gasteiger partial charge in [0.2, 0.25) is 5.91 Å². The molecule has 1 atom stereocenters. The summed E-state index contributed by atoms with van der Waals surface area (Å²) in [6.07, 6.45) is 2.36. The highest BCUT2D eigenvalue weighted by Crippen LogP contribution is 2.21. The van der Waals surface area contributed by atoms with Crippen molar-refractivity contribution in [1.29, 1.82) is 0 Å². The Hall–Kier alpha value is -3.00. The number of carbonyl (C=O) groups excluding carboxylic acids is 3. The van der Waals surface area contributed by atoms with Gasteiger partial charge in [-0.2, -0.15) is 11.8 Å². The van der Waals surface area contributed by atoms with Crippen molar-refractivity contribution in [2.45, 2.75) is 12.5 Å². The SMILES string of the molecule is COC(=O)[C@@H](CCSC)NC(=O)CNC(=O)c1ccc(Oc2ccccc2)cc1. The summed E-state index contributed by atoms with van der Waals surface area (Å²) in [5.74, 6) is 0.629. The van der Waals surface area contributed by atoms with Gasteiger partial charge >= 0.3 is 5.97 Å². The van der Waals surface area contributed by atoms with E-state index < -0.39 is 23.8 Å². The van der Waals surface area contributed by atoms with Crippen LogP contribution in [0.3, 0.4) is 0 Å². The maximum absolute atomic E-state index is 12.2. The van der Waals surface area contributed by atoms with Gasteiger partial charge in [-0.3, -0.25) is 9.59 Å². The lowest BCUT2D eigenvalue weighted by atomic mass is 10.2. The van der Waals surface area contributed by atoms with Crippen molar-refractivity contribution < 1.29 is 23.9 Å². The molecule has 29 heavy (non-hydrogen) atoms. The molecule has 0 radical (unpaired) electrons. The molecule has 0 aromatic heterocycles. The van der Waals surface area contributed by atoms with Crippen LogP contribution in [0.15, 0.2) is 54.6 Å². The number of hydrogen-bond acceptors (Lipinski definition) is 6. The van der Waals surface area contributed by atoms with E-state index in [0.717, 1.165) is 0 Å². The molecule has 2 N–H and O–H groups in total. The summed E-state index contributed by atoms with van der Waals surface area (Å²) in [6, 6.07) is 15.2. The summed E-state index contributed by atoms with van der Waals surface area (Å²) in [5, 5.41) is 5.12. The topological polar surface area (TPSA) is 93.7 Å². The Labute approximate surface area is 174 Å². The Bertz CT molecular complexity index is 812. The fourth-order valence-electron chi connectivity index (χ4n) is 2.43. The van der Waals surface area contributed by atoms with Gasteiger partial charge in [0.05, 0.1) is 13.7 Å². The number of thioether (sulfide) groups is 1. The Morgan fingerprint density at radius 3 is 2.28 bits per heavy atom. The first-order valence-electron chi connectivity index (χ1n) is 9.00. The molecular formula is C21H24N2O5S. The molecule has 2 rings (SSSR count). The molecule has 0 fully saturated rings. The minimum atomic E-state index is -0.730. The van der Waals surface area contributed by atoms with E-state index in [-0.39, 0.29) is 6.54 Å². The van der Waals surface area contributed by atoms with Gasteiger partial charge in [0.1, 0.15) is 17.5 Å². The zero-order valence-electron chi connectivity index (χ0n) is 16.3. The molecule has 0 bridgehead atoms. The smallest absolute Gasteiger partial charge is 0.328 e. The van der Waals surface area contributed by atoms with Gasteiger partial charge in [-0.15, -0.1) is 0 Å². The minimum absolute atomic E-state index is 0.242. The summed E-state index contributed by atoms with van der Waals surface area (Å²) in [4.78, 5) is 36.0. The molecular weight excluding hydrogens is 392 g/mol. The van der Waals surface area contributed by atoms with Crippen LogP contribution in [-0.4, -0.2) is 49.5 Å². The molecule has 0 saturated carbocycles. The molecule has 0 aliphatic rings.